The molecule has 2 saturated heterocycles. The summed E-state index contributed by atoms with van der Waals surface area (Å²) in [5.41, 5.74) is -0.608. The first-order valence-electron chi connectivity index (χ1n) is 13.2. The Morgan fingerprint density at radius 1 is 1.19 bits per heavy atom. The highest BCUT2D eigenvalue weighted by atomic mass is 35.5. The number of aliphatic hydroxyl groups excluding tert-OH is 2. The highest BCUT2D eigenvalue weighted by molar-refractivity contribution is 6.32. The lowest BCUT2D eigenvalue weighted by Crippen LogP contribution is -2.54. The van der Waals surface area contributed by atoms with Gasteiger partial charge in [-0.25, -0.2) is 0 Å². The summed E-state index contributed by atoms with van der Waals surface area (Å²) in [6, 6.07) is 5.03. The highest BCUT2D eigenvalue weighted by Crippen LogP contribution is 2.49. The summed E-state index contributed by atoms with van der Waals surface area (Å²) >= 11 is 6.70. The standard InChI is InChI=1S/C28H39ClN2O5/c1-17-8-6-10-27(3)23(36-27)15-21(20(29)14-19-9-4-5-13-30-19)31-24(33)16-22(32)28(11-7-12-28)26(35)18(2)25(17)34/h4-5,9,13-14,17-18,21-23,25,32,34H,6-8,10-12,15-16H2,1-3H3,(H,31,33)/t17-,18+,21-,22-,23?,25-,27?/m0/s1. The third kappa shape index (κ3) is 5.69. The number of halogens is 1. The average molecular weight is 519 g/mol. The molecule has 0 bridgehead atoms. The molecule has 1 aliphatic carbocycles. The number of ether oxygens (including phenoxy) is 1. The number of hydrogen-bond acceptors (Lipinski definition) is 6. The van der Waals surface area contributed by atoms with Crippen LogP contribution in [-0.2, 0) is 14.3 Å². The van der Waals surface area contributed by atoms with Gasteiger partial charge in [-0.15, -0.1) is 0 Å². The fraction of sp³-hybridized carbons (Fsp3) is 0.679. The van der Waals surface area contributed by atoms with E-state index in [1.54, 1.807) is 19.2 Å². The molecule has 2 aliphatic heterocycles. The van der Waals surface area contributed by atoms with Gasteiger partial charge in [-0.2, -0.15) is 0 Å². The van der Waals surface area contributed by atoms with E-state index < -0.39 is 29.6 Å². The number of aliphatic hydroxyl groups is 2. The Hall–Kier alpha value is -1.80. The van der Waals surface area contributed by atoms with Crippen LogP contribution in [0.4, 0.5) is 0 Å². The smallest absolute Gasteiger partial charge is 0.223 e. The number of Topliss-reactive ketones (excluding diaryl/α,β-unsaturated/α-hetero) is 1. The maximum absolute atomic E-state index is 13.5. The monoisotopic (exact) mass is 518 g/mol. The molecule has 0 radical (unpaired) electrons. The van der Waals surface area contributed by atoms with E-state index in [1.807, 2.05) is 25.1 Å². The third-order valence-corrected chi connectivity index (χ3v) is 9.09. The summed E-state index contributed by atoms with van der Waals surface area (Å²) < 4.78 is 6.06. The first-order chi connectivity index (χ1) is 17.1. The molecule has 3 N–H and O–H groups in total. The summed E-state index contributed by atoms with van der Waals surface area (Å²) in [5.74, 6) is -1.16. The van der Waals surface area contributed by atoms with Gasteiger partial charge in [0.15, 0.2) is 0 Å². The van der Waals surface area contributed by atoms with Gasteiger partial charge in [0, 0.05) is 23.6 Å². The minimum Gasteiger partial charge on any atom is -0.392 e. The Morgan fingerprint density at radius 3 is 2.58 bits per heavy atom. The molecule has 7 atom stereocenters. The summed E-state index contributed by atoms with van der Waals surface area (Å²) in [4.78, 5) is 30.9. The van der Waals surface area contributed by atoms with Crippen molar-refractivity contribution in [3.63, 3.8) is 0 Å². The average Bonchev–Trinajstić information content (AvgIpc) is 3.45. The summed E-state index contributed by atoms with van der Waals surface area (Å²) in [6.07, 6.45) is 6.10. The third-order valence-electron chi connectivity index (χ3n) is 8.72. The Kier molecular flexibility index (Phi) is 8.25. The van der Waals surface area contributed by atoms with Gasteiger partial charge in [0.1, 0.15) is 5.78 Å². The molecule has 3 fully saturated rings. The number of hydrogen-bond donors (Lipinski definition) is 3. The van der Waals surface area contributed by atoms with E-state index in [2.05, 4.69) is 17.2 Å². The van der Waals surface area contributed by atoms with Gasteiger partial charge in [-0.05, 0) is 56.7 Å². The largest absolute Gasteiger partial charge is 0.392 e. The molecule has 2 unspecified atom stereocenters. The molecule has 1 amide bonds. The van der Waals surface area contributed by atoms with Gasteiger partial charge >= 0.3 is 0 Å². The quantitative estimate of drug-likeness (QED) is 0.510. The van der Waals surface area contributed by atoms with E-state index in [9.17, 15) is 19.8 Å². The van der Waals surface area contributed by atoms with E-state index in [4.69, 9.17) is 16.3 Å². The van der Waals surface area contributed by atoms with E-state index >= 15 is 0 Å². The molecule has 8 heteroatoms. The molecule has 0 aromatic carbocycles. The molecule has 198 valence electrons. The molecule has 3 aliphatic rings. The summed E-state index contributed by atoms with van der Waals surface area (Å²) in [5, 5.41) is 25.5. The van der Waals surface area contributed by atoms with E-state index in [-0.39, 0.29) is 35.7 Å². The number of amides is 1. The minimum atomic E-state index is -1.11. The highest BCUT2D eigenvalue weighted by Gasteiger charge is 2.54. The van der Waals surface area contributed by atoms with Crippen molar-refractivity contribution in [2.45, 2.75) is 102 Å². The Labute approximate surface area is 218 Å². The van der Waals surface area contributed by atoms with Gasteiger partial charge in [0.2, 0.25) is 5.91 Å². The van der Waals surface area contributed by atoms with Crippen molar-refractivity contribution >= 4 is 29.4 Å². The second-order valence-corrected chi connectivity index (χ2v) is 11.7. The fourth-order valence-electron chi connectivity index (χ4n) is 5.94. The molecule has 36 heavy (non-hydrogen) atoms. The molecular weight excluding hydrogens is 480 g/mol. The van der Waals surface area contributed by atoms with E-state index in [0.29, 0.717) is 30.0 Å². The fourth-order valence-corrected chi connectivity index (χ4v) is 6.19. The second kappa shape index (κ2) is 10.9. The second-order valence-electron chi connectivity index (χ2n) is 11.3. The van der Waals surface area contributed by atoms with Crippen molar-refractivity contribution in [3.8, 4) is 0 Å². The zero-order valence-corrected chi connectivity index (χ0v) is 22.2. The number of carbonyl (C=O) groups is 2. The van der Waals surface area contributed by atoms with Crippen LogP contribution < -0.4 is 5.32 Å². The van der Waals surface area contributed by atoms with Crippen LogP contribution in [0.15, 0.2) is 29.4 Å². The molecular formula is C28H39ClN2O5. The SMILES string of the molecule is C[C@H]1CCCC2(C)OC2C[C@@H](C(Cl)=Cc2ccccn2)NC(=O)C[C@H](O)C2(CCC2)C(=O)[C@H](C)[C@H]1O. The van der Waals surface area contributed by atoms with Crippen molar-refractivity contribution in [1.29, 1.82) is 0 Å². The number of aromatic nitrogens is 1. The lowest BCUT2D eigenvalue weighted by Gasteiger charge is -2.46. The molecule has 4 rings (SSSR count). The molecule has 1 saturated carbocycles. The zero-order chi connectivity index (χ0) is 26.1. The topological polar surface area (TPSA) is 112 Å². The number of ketones is 1. The van der Waals surface area contributed by atoms with Crippen molar-refractivity contribution in [1.82, 2.24) is 10.3 Å². The van der Waals surface area contributed by atoms with Crippen LogP contribution >= 0.6 is 11.6 Å². The number of rotatable bonds is 2. The van der Waals surface area contributed by atoms with Crippen molar-refractivity contribution < 1.29 is 24.5 Å². The maximum Gasteiger partial charge on any atom is 0.223 e. The predicted molar refractivity (Wildman–Crippen MR) is 138 cm³/mol. The van der Waals surface area contributed by atoms with Crippen LogP contribution in [0.5, 0.6) is 0 Å². The number of epoxide rings is 1. The van der Waals surface area contributed by atoms with Gasteiger partial charge in [-0.3, -0.25) is 14.6 Å². The molecule has 1 aromatic heterocycles. The maximum atomic E-state index is 13.5. The number of carbonyl (C=O) groups excluding carboxylic acids is 2. The van der Waals surface area contributed by atoms with Crippen molar-refractivity contribution in [2.75, 3.05) is 0 Å². The lowest BCUT2D eigenvalue weighted by molar-refractivity contribution is -0.154. The van der Waals surface area contributed by atoms with Crippen LogP contribution in [0.2, 0.25) is 0 Å². The van der Waals surface area contributed by atoms with E-state index in [0.717, 1.165) is 25.7 Å². The molecule has 1 aromatic rings. The number of fused-ring (bicyclic) bond motifs is 1. The van der Waals surface area contributed by atoms with E-state index in [1.165, 1.54) is 0 Å². The molecule has 3 heterocycles. The zero-order valence-electron chi connectivity index (χ0n) is 21.5. The van der Waals surface area contributed by atoms with Crippen molar-refractivity contribution in [2.24, 2.45) is 17.3 Å². The van der Waals surface area contributed by atoms with Gasteiger partial charge in [-0.1, -0.05) is 44.4 Å². The summed E-state index contributed by atoms with van der Waals surface area (Å²) in [7, 11) is 0. The Bertz CT molecular complexity index is 981. The molecule has 7 nitrogen and oxygen atoms in total. The predicted octanol–water partition coefficient (Wildman–Crippen LogP) is 4.00. The van der Waals surface area contributed by atoms with Crippen LogP contribution in [-0.4, -0.2) is 56.8 Å². The van der Waals surface area contributed by atoms with Crippen LogP contribution in [0.3, 0.4) is 0 Å². The normalized spacial score (nSPS) is 38.1. The first-order valence-corrected chi connectivity index (χ1v) is 13.6. The van der Waals surface area contributed by atoms with Crippen molar-refractivity contribution in [3.05, 3.63) is 35.1 Å². The van der Waals surface area contributed by atoms with Gasteiger partial charge < -0.3 is 20.3 Å². The lowest BCUT2D eigenvalue weighted by atomic mass is 9.58. The Morgan fingerprint density at radius 2 is 1.94 bits per heavy atom. The van der Waals surface area contributed by atoms with Gasteiger partial charge in [0.25, 0.3) is 0 Å². The van der Waals surface area contributed by atoms with Gasteiger partial charge in [0.05, 0.1) is 47.5 Å². The van der Waals surface area contributed by atoms with Crippen LogP contribution in [0.25, 0.3) is 6.08 Å². The number of pyridine rings is 1. The number of nitrogens with zero attached hydrogens (tertiary/aromatic N) is 1. The summed E-state index contributed by atoms with van der Waals surface area (Å²) in [6.45, 7) is 5.78. The van der Waals surface area contributed by atoms with Crippen LogP contribution in [0, 0.1) is 17.3 Å². The minimum absolute atomic E-state index is 0.0567. The van der Waals surface area contributed by atoms with Crippen LogP contribution in [0.1, 0.15) is 77.8 Å². The molecule has 1 spiro atoms. The Balaban J connectivity index is 1.58. The first kappa shape index (κ1) is 27.2. The number of nitrogens with one attached hydrogen (secondary N) is 1.